The summed E-state index contributed by atoms with van der Waals surface area (Å²) in [5.41, 5.74) is 1.39. The minimum absolute atomic E-state index is 0.00242. The van der Waals surface area contributed by atoms with Crippen LogP contribution in [-0.4, -0.2) is 10.8 Å². The van der Waals surface area contributed by atoms with Crippen LogP contribution in [0, 0.1) is 34.8 Å². The molecule has 1 aromatic carbocycles. The standard InChI is InChI=1S/C17H20N2O3/c1-11-8-9-12(19(21)22)10-15(11)18-17(20)16-13-6-4-2-3-5-7-14(13)16/h4,6,8-10,13-14,16H,2-3,5,7H2,1H3,(H,18,20)/b6-4-/t13-,14-,16+/m0/s1. The molecule has 0 saturated heterocycles. The second-order valence-corrected chi connectivity index (χ2v) is 6.23. The van der Waals surface area contributed by atoms with Gasteiger partial charge in [-0.3, -0.25) is 14.9 Å². The third-order valence-electron chi connectivity index (χ3n) is 4.74. The molecule has 0 radical (unpaired) electrons. The Bertz CT molecular complexity index is 639. The highest BCUT2D eigenvalue weighted by Crippen LogP contribution is 2.51. The van der Waals surface area contributed by atoms with Crippen LogP contribution in [0.3, 0.4) is 0 Å². The van der Waals surface area contributed by atoms with E-state index in [-0.39, 0.29) is 17.5 Å². The van der Waals surface area contributed by atoms with Crippen molar-refractivity contribution in [3.8, 4) is 0 Å². The van der Waals surface area contributed by atoms with E-state index in [2.05, 4.69) is 17.5 Å². The Morgan fingerprint density at radius 1 is 1.36 bits per heavy atom. The van der Waals surface area contributed by atoms with Gasteiger partial charge in [-0.25, -0.2) is 0 Å². The van der Waals surface area contributed by atoms with Crippen molar-refractivity contribution in [3.63, 3.8) is 0 Å². The van der Waals surface area contributed by atoms with Crippen LogP contribution in [0.25, 0.3) is 0 Å². The van der Waals surface area contributed by atoms with Crippen LogP contribution < -0.4 is 5.32 Å². The molecule has 0 aromatic heterocycles. The van der Waals surface area contributed by atoms with Gasteiger partial charge in [0.05, 0.1) is 10.6 Å². The molecule has 5 heteroatoms. The molecule has 0 heterocycles. The van der Waals surface area contributed by atoms with E-state index in [9.17, 15) is 14.9 Å². The van der Waals surface area contributed by atoms with Gasteiger partial charge in [-0.15, -0.1) is 0 Å². The lowest BCUT2D eigenvalue weighted by Gasteiger charge is -2.08. The molecule has 1 N–H and O–H groups in total. The first-order valence-corrected chi connectivity index (χ1v) is 7.80. The quantitative estimate of drug-likeness (QED) is 0.524. The Kier molecular flexibility index (Phi) is 3.96. The minimum atomic E-state index is -0.441. The molecule has 3 rings (SSSR count). The number of nitrogens with zero attached hydrogens (tertiary/aromatic N) is 1. The molecule has 1 aromatic rings. The van der Waals surface area contributed by atoms with Gasteiger partial charge in [0, 0.05) is 18.1 Å². The van der Waals surface area contributed by atoms with E-state index >= 15 is 0 Å². The predicted molar refractivity (Wildman–Crippen MR) is 84.5 cm³/mol. The number of nitrogens with one attached hydrogen (secondary N) is 1. The van der Waals surface area contributed by atoms with Crippen molar-refractivity contribution in [1.82, 2.24) is 0 Å². The van der Waals surface area contributed by atoms with Gasteiger partial charge in [-0.2, -0.15) is 0 Å². The number of rotatable bonds is 3. The van der Waals surface area contributed by atoms with Gasteiger partial charge in [0.15, 0.2) is 0 Å². The highest BCUT2D eigenvalue weighted by molar-refractivity contribution is 5.96. The predicted octanol–water partition coefficient (Wildman–Crippen LogP) is 3.83. The third-order valence-corrected chi connectivity index (χ3v) is 4.74. The summed E-state index contributed by atoms with van der Waals surface area (Å²) in [6.45, 7) is 1.84. The summed E-state index contributed by atoms with van der Waals surface area (Å²) >= 11 is 0. The lowest BCUT2D eigenvalue weighted by atomic mass is 10.1. The Morgan fingerprint density at radius 2 is 2.18 bits per heavy atom. The van der Waals surface area contributed by atoms with Gasteiger partial charge < -0.3 is 5.32 Å². The Hall–Kier alpha value is -2.17. The first kappa shape index (κ1) is 14.8. The lowest BCUT2D eigenvalue weighted by molar-refractivity contribution is -0.384. The number of benzene rings is 1. The zero-order valence-electron chi connectivity index (χ0n) is 12.6. The maximum absolute atomic E-state index is 12.5. The number of anilines is 1. The van der Waals surface area contributed by atoms with E-state index in [0.717, 1.165) is 18.4 Å². The summed E-state index contributed by atoms with van der Waals surface area (Å²) in [6, 6.07) is 4.57. The number of hydrogen-bond acceptors (Lipinski definition) is 3. The number of non-ortho nitro benzene ring substituents is 1. The molecule has 1 fully saturated rings. The molecule has 3 atom stereocenters. The number of fused-ring (bicyclic) bond motifs is 1. The molecule has 0 aliphatic heterocycles. The zero-order valence-corrected chi connectivity index (χ0v) is 12.6. The number of aryl methyl sites for hydroxylation is 1. The van der Waals surface area contributed by atoms with Crippen LogP contribution in [0.15, 0.2) is 30.4 Å². The summed E-state index contributed by atoms with van der Waals surface area (Å²) in [7, 11) is 0. The normalized spacial score (nSPS) is 28.0. The second-order valence-electron chi connectivity index (χ2n) is 6.23. The van der Waals surface area contributed by atoms with E-state index in [1.165, 1.54) is 25.0 Å². The highest BCUT2D eigenvalue weighted by atomic mass is 16.6. The summed E-state index contributed by atoms with van der Waals surface area (Å²) in [5, 5.41) is 13.7. The number of carbonyl (C=O) groups excluding carboxylic acids is 1. The smallest absolute Gasteiger partial charge is 0.271 e. The van der Waals surface area contributed by atoms with Gasteiger partial charge >= 0.3 is 0 Å². The van der Waals surface area contributed by atoms with Crippen LogP contribution in [0.4, 0.5) is 11.4 Å². The third kappa shape index (κ3) is 2.89. The van der Waals surface area contributed by atoms with Crippen molar-refractivity contribution in [2.75, 3.05) is 5.32 Å². The monoisotopic (exact) mass is 300 g/mol. The topological polar surface area (TPSA) is 72.2 Å². The van der Waals surface area contributed by atoms with Crippen LogP contribution in [-0.2, 0) is 4.79 Å². The number of nitro benzene ring substituents is 1. The SMILES string of the molecule is Cc1ccc([N+](=O)[O-])cc1NC(=O)[C@@H]1[C@H]2/C=C\CCCC[C@@H]21. The number of carbonyl (C=O) groups is 1. The fraction of sp³-hybridized carbons (Fsp3) is 0.471. The van der Waals surface area contributed by atoms with E-state index < -0.39 is 4.92 Å². The average molecular weight is 300 g/mol. The fourth-order valence-electron chi connectivity index (χ4n) is 3.37. The zero-order chi connectivity index (χ0) is 15.7. The molecule has 1 saturated carbocycles. The maximum atomic E-state index is 12.5. The summed E-state index contributed by atoms with van der Waals surface area (Å²) in [4.78, 5) is 22.9. The van der Waals surface area contributed by atoms with Crippen molar-refractivity contribution >= 4 is 17.3 Å². The van der Waals surface area contributed by atoms with Crippen LogP contribution in [0.2, 0.25) is 0 Å². The van der Waals surface area contributed by atoms with E-state index in [4.69, 9.17) is 0 Å². The Balaban J connectivity index is 1.72. The fourth-order valence-corrected chi connectivity index (χ4v) is 3.37. The summed E-state index contributed by atoms with van der Waals surface area (Å²) in [5.74, 6) is 0.799. The largest absolute Gasteiger partial charge is 0.325 e. The molecular weight excluding hydrogens is 280 g/mol. The van der Waals surface area contributed by atoms with E-state index in [0.29, 0.717) is 17.5 Å². The average Bonchev–Trinajstić information content (AvgIpc) is 3.12. The molecule has 116 valence electrons. The van der Waals surface area contributed by atoms with Gasteiger partial charge in [-0.1, -0.05) is 24.6 Å². The number of amides is 1. The van der Waals surface area contributed by atoms with Crippen LogP contribution in [0.5, 0.6) is 0 Å². The van der Waals surface area contributed by atoms with E-state index in [1.54, 1.807) is 6.07 Å². The van der Waals surface area contributed by atoms with Crippen molar-refractivity contribution < 1.29 is 9.72 Å². The van der Waals surface area contributed by atoms with Crippen molar-refractivity contribution in [2.24, 2.45) is 17.8 Å². The van der Waals surface area contributed by atoms with Crippen LogP contribution in [0.1, 0.15) is 31.2 Å². The lowest BCUT2D eigenvalue weighted by Crippen LogP contribution is -2.16. The minimum Gasteiger partial charge on any atom is -0.325 e. The molecular formula is C17H20N2O3. The molecule has 0 unspecified atom stereocenters. The first-order chi connectivity index (χ1) is 10.6. The van der Waals surface area contributed by atoms with Gasteiger partial charge in [0.1, 0.15) is 0 Å². The first-order valence-electron chi connectivity index (χ1n) is 7.80. The van der Waals surface area contributed by atoms with Crippen molar-refractivity contribution in [2.45, 2.75) is 32.6 Å². The van der Waals surface area contributed by atoms with Gasteiger partial charge in [0.25, 0.3) is 5.69 Å². The number of allylic oxidation sites excluding steroid dienone is 2. The highest BCUT2D eigenvalue weighted by Gasteiger charge is 2.52. The van der Waals surface area contributed by atoms with Gasteiger partial charge in [-0.05, 0) is 43.6 Å². The van der Waals surface area contributed by atoms with Crippen molar-refractivity contribution in [3.05, 3.63) is 46.0 Å². The number of hydrogen-bond donors (Lipinski definition) is 1. The van der Waals surface area contributed by atoms with Crippen LogP contribution >= 0.6 is 0 Å². The van der Waals surface area contributed by atoms with E-state index in [1.807, 2.05) is 6.92 Å². The molecule has 5 nitrogen and oxygen atoms in total. The molecule has 1 amide bonds. The summed E-state index contributed by atoms with van der Waals surface area (Å²) < 4.78 is 0. The summed E-state index contributed by atoms with van der Waals surface area (Å²) in [6.07, 6.45) is 8.92. The molecule has 0 bridgehead atoms. The van der Waals surface area contributed by atoms with Gasteiger partial charge in [0.2, 0.25) is 5.91 Å². The van der Waals surface area contributed by atoms with Crippen molar-refractivity contribution in [1.29, 1.82) is 0 Å². The number of nitro groups is 1. The molecule has 2 aliphatic carbocycles. The Labute approximate surface area is 129 Å². The molecule has 22 heavy (non-hydrogen) atoms. The second kappa shape index (κ2) is 5.91. The Morgan fingerprint density at radius 3 is 2.95 bits per heavy atom. The molecule has 0 spiro atoms. The maximum Gasteiger partial charge on any atom is 0.271 e. The molecule has 2 aliphatic rings.